The van der Waals surface area contributed by atoms with Crippen molar-refractivity contribution in [3.05, 3.63) is 64.2 Å². The van der Waals surface area contributed by atoms with Gasteiger partial charge in [-0.05, 0) is 92.9 Å². The van der Waals surface area contributed by atoms with E-state index in [9.17, 15) is 0 Å². The average Bonchev–Trinajstić information content (AvgIpc) is 3.04. The van der Waals surface area contributed by atoms with E-state index in [1.807, 2.05) is 0 Å². The highest BCUT2D eigenvalue weighted by atomic mass is 16.7. The molecule has 2 fully saturated rings. The van der Waals surface area contributed by atoms with Gasteiger partial charge in [0.2, 0.25) is 5.79 Å². The van der Waals surface area contributed by atoms with Gasteiger partial charge in [0, 0.05) is 11.1 Å². The number of hydrogen-bond acceptors (Lipinski definition) is 4. The molecule has 2 aromatic rings. The van der Waals surface area contributed by atoms with E-state index in [1.165, 1.54) is 29.5 Å². The maximum atomic E-state index is 6.58. The predicted molar refractivity (Wildman–Crippen MR) is 146 cm³/mol. The van der Waals surface area contributed by atoms with Crippen molar-refractivity contribution < 1.29 is 18.8 Å². The van der Waals surface area contributed by atoms with Gasteiger partial charge in [0.15, 0.2) is 0 Å². The van der Waals surface area contributed by atoms with Gasteiger partial charge in [0.05, 0.1) is 24.4 Å². The molecule has 0 bridgehead atoms. The molecule has 0 atom stereocenters. The monoisotopic (exact) mass is 490 g/mol. The van der Waals surface area contributed by atoms with Crippen LogP contribution in [-0.4, -0.2) is 31.5 Å². The van der Waals surface area contributed by atoms with Crippen LogP contribution in [0.2, 0.25) is 0 Å². The summed E-state index contributed by atoms with van der Waals surface area (Å²) in [6, 6.07) is 13.2. The first-order valence-corrected chi connectivity index (χ1v) is 13.6. The third kappa shape index (κ3) is 4.07. The first kappa shape index (κ1) is 26.0. The summed E-state index contributed by atoms with van der Waals surface area (Å²) in [5, 5.41) is 0. The molecule has 5 heteroatoms. The van der Waals surface area contributed by atoms with Gasteiger partial charge in [-0.2, -0.15) is 0 Å². The number of aryl methyl sites for hydroxylation is 1. The normalized spacial score (nSPS) is 25.4. The topological polar surface area (TPSA) is 36.9 Å². The summed E-state index contributed by atoms with van der Waals surface area (Å²) in [6.45, 7) is 21.4. The predicted octanol–water partition coefficient (Wildman–Crippen LogP) is 6.28. The molecule has 4 nitrogen and oxygen atoms in total. The first-order chi connectivity index (χ1) is 16.7. The summed E-state index contributed by atoms with van der Waals surface area (Å²) >= 11 is 0. The molecule has 2 saturated heterocycles. The minimum absolute atomic E-state index is 0.115. The van der Waals surface area contributed by atoms with Gasteiger partial charge < -0.3 is 18.8 Å². The molecule has 0 amide bonds. The van der Waals surface area contributed by atoms with Crippen LogP contribution in [0.15, 0.2) is 36.4 Å². The average molecular weight is 490 g/mol. The van der Waals surface area contributed by atoms with Gasteiger partial charge in [-0.3, -0.25) is 0 Å². The maximum Gasteiger partial charge on any atom is 0.494 e. The highest BCUT2D eigenvalue weighted by Crippen LogP contribution is 2.49. The quantitative estimate of drug-likeness (QED) is 0.475. The molecule has 0 radical (unpaired) electrons. The van der Waals surface area contributed by atoms with E-state index in [1.54, 1.807) is 0 Å². The third-order valence-corrected chi connectivity index (χ3v) is 9.27. The largest absolute Gasteiger partial charge is 0.494 e. The lowest BCUT2D eigenvalue weighted by Crippen LogP contribution is -2.42. The minimum atomic E-state index is -0.913. The van der Waals surface area contributed by atoms with E-state index in [4.69, 9.17) is 18.8 Å². The fraction of sp³-hybridized carbons (Fsp3) is 0.613. The summed E-state index contributed by atoms with van der Waals surface area (Å²) in [5.41, 5.74) is 6.79. The fourth-order valence-electron chi connectivity index (χ4n) is 5.93. The van der Waals surface area contributed by atoms with Crippen molar-refractivity contribution in [1.82, 2.24) is 0 Å². The van der Waals surface area contributed by atoms with Crippen LogP contribution in [0.4, 0.5) is 0 Å². The Kier molecular flexibility index (Phi) is 6.08. The molecule has 5 rings (SSSR count). The Morgan fingerprint density at radius 1 is 0.667 bits per heavy atom. The second kappa shape index (κ2) is 8.43. The van der Waals surface area contributed by atoms with Crippen LogP contribution < -0.4 is 5.46 Å². The van der Waals surface area contributed by atoms with Crippen molar-refractivity contribution in [3.63, 3.8) is 0 Å². The molecule has 2 aliphatic heterocycles. The van der Waals surface area contributed by atoms with Crippen molar-refractivity contribution >= 4 is 12.6 Å². The first-order valence-electron chi connectivity index (χ1n) is 13.6. The van der Waals surface area contributed by atoms with Crippen molar-refractivity contribution in [2.45, 2.75) is 109 Å². The second-order valence-electron chi connectivity index (χ2n) is 13.4. The molecular weight excluding hydrogens is 447 g/mol. The Morgan fingerprint density at radius 3 is 1.69 bits per heavy atom. The Labute approximate surface area is 218 Å². The summed E-state index contributed by atoms with van der Waals surface area (Å²) in [6.07, 6.45) is 3.27. The smallest absolute Gasteiger partial charge is 0.399 e. The van der Waals surface area contributed by atoms with E-state index >= 15 is 0 Å². The van der Waals surface area contributed by atoms with Crippen LogP contribution in [-0.2, 0) is 35.4 Å². The van der Waals surface area contributed by atoms with Crippen molar-refractivity contribution in [2.24, 2.45) is 0 Å². The number of fused-ring (bicyclic) bond motifs is 1. The van der Waals surface area contributed by atoms with E-state index < -0.39 is 5.79 Å². The molecule has 36 heavy (non-hydrogen) atoms. The van der Waals surface area contributed by atoms with Crippen LogP contribution >= 0.6 is 0 Å². The molecule has 3 aliphatic rings. The van der Waals surface area contributed by atoms with Crippen molar-refractivity contribution in [1.29, 1.82) is 0 Å². The summed E-state index contributed by atoms with van der Waals surface area (Å²) in [7, 11) is -0.387. The van der Waals surface area contributed by atoms with E-state index in [2.05, 4.69) is 98.7 Å². The number of hydrogen-bond donors (Lipinski definition) is 0. The maximum absolute atomic E-state index is 6.58. The second-order valence-corrected chi connectivity index (χ2v) is 13.4. The lowest BCUT2D eigenvalue weighted by atomic mass is 9.62. The van der Waals surface area contributed by atoms with E-state index in [-0.39, 0.29) is 29.2 Å². The lowest BCUT2D eigenvalue weighted by molar-refractivity contribution is -0.249. The van der Waals surface area contributed by atoms with Gasteiger partial charge in [-0.15, -0.1) is 0 Å². The summed E-state index contributed by atoms with van der Waals surface area (Å²) in [4.78, 5) is 0. The van der Waals surface area contributed by atoms with Gasteiger partial charge in [-0.1, -0.05) is 58.0 Å². The van der Waals surface area contributed by atoms with E-state index in [0.29, 0.717) is 13.2 Å². The zero-order chi connectivity index (χ0) is 26.1. The van der Waals surface area contributed by atoms with Crippen LogP contribution in [0.5, 0.6) is 0 Å². The molecule has 0 N–H and O–H groups in total. The molecule has 0 unspecified atom stereocenters. The Morgan fingerprint density at radius 2 is 1.17 bits per heavy atom. The molecular formula is C31H43BO4. The molecule has 1 aliphatic carbocycles. The third-order valence-electron chi connectivity index (χ3n) is 9.27. The number of ether oxygens (including phenoxy) is 2. The summed E-state index contributed by atoms with van der Waals surface area (Å²) < 4.78 is 25.7. The number of benzene rings is 2. The highest BCUT2D eigenvalue weighted by molar-refractivity contribution is 6.62. The van der Waals surface area contributed by atoms with Crippen LogP contribution in [0.3, 0.4) is 0 Å². The Balaban J connectivity index is 1.57. The molecule has 194 valence electrons. The van der Waals surface area contributed by atoms with Crippen LogP contribution in [0.25, 0.3) is 0 Å². The SMILES string of the molecule is Cc1cc2c(cc1C1(c3ccc(B4OC(C)(C)C(C)(C)O4)cc3)OCCCO1)C(C)(C)CCC2(C)C. The van der Waals surface area contributed by atoms with Crippen LogP contribution in [0.1, 0.15) is 102 Å². The van der Waals surface area contributed by atoms with Crippen LogP contribution in [0, 0.1) is 6.92 Å². The van der Waals surface area contributed by atoms with E-state index in [0.717, 1.165) is 23.0 Å². The van der Waals surface area contributed by atoms with Gasteiger partial charge >= 0.3 is 7.12 Å². The minimum Gasteiger partial charge on any atom is -0.399 e. The molecule has 2 aromatic carbocycles. The standard InChI is InChI=1S/C31H43BO4/c1-21-19-25-26(28(4,5)16-15-27(25,2)3)20-24(21)31(33-17-10-18-34-31)22-11-13-23(14-12-22)32-35-29(6,7)30(8,9)36-32/h11-14,19-20H,10,15-18H2,1-9H3. The Bertz CT molecular complexity index is 1120. The molecule has 0 spiro atoms. The summed E-state index contributed by atoms with van der Waals surface area (Å²) in [5.74, 6) is -0.913. The highest BCUT2D eigenvalue weighted by Gasteiger charge is 2.52. The van der Waals surface area contributed by atoms with Gasteiger partial charge in [0.25, 0.3) is 0 Å². The van der Waals surface area contributed by atoms with Crippen molar-refractivity contribution in [2.75, 3.05) is 13.2 Å². The van der Waals surface area contributed by atoms with Gasteiger partial charge in [0.1, 0.15) is 0 Å². The fourth-order valence-corrected chi connectivity index (χ4v) is 5.93. The number of rotatable bonds is 3. The molecule has 0 aromatic heterocycles. The van der Waals surface area contributed by atoms with Crippen molar-refractivity contribution in [3.8, 4) is 0 Å². The molecule has 2 heterocycles. The lowest BCUT2D eigenvalue weighted by Gasteiger charge is -2.44. The van der Waals surface area contributed by atoms with Gasteiger partial charge in [-0.25, -0.2) is 0 Å². The Hall–Kier alpha value is -1.66. The zero-order valence-corrected chi connectivity index (χ0v) is 23.7. The molecule has 0 saturated carbocycles. The zero-order valence-electron chi connectivity index (χ0n) is 23.7.